The van der Waals surface area contributed by atoms with Gasteiger partial charge in [-0.1, -0.05) is 6.92 Å². The molecule has 0 saturated carbocycles. The second-order valence-corrected chi connectivity index (χ2v) is 5.39. The van der Waals surface area contributed by atoms with E-state index in [1.165, 1.54) is 38.0 Å². The molecule has 0 aromatic carbocycles. The van der Waals surface area contributed by atoms with E-state index >= 15 is 0 Å². The predicted molar refractivity (Wildman–Crippen MR) is 74.4 cm³/mol. The van der Waals surface area contributed by atoms with Gasteiger partial charge in [-0.2, -0.15) is 0 Å². The van der Waals surface area contributed by atoms with Gasteiger partial charge >= 0.3 is 0 Å². The molecule has 4 nitrogen and oxygen atoms in total. The van der Waals surface area contributed by atoms with Crippen molar-refractivity contribution < 1.29 is 0 Å². The third-order valence-corrected chi connectivity index (χ3v) is 3.97. The Morgan fingerprint density at radius 1 is 1.39 bits per heavy atom. The maximum Gasteiger partial charge on any atom is 0.0948 e. The van der Waals surface area contributed by atoms with Crippen molar-refractivity contribution in [1.82, 2.24) is 19.8 Å². The largest absolute Gasteiger partial charge is 0.333 e. The maximum atomic E-state index is 4.27. The first kappa shape index (κ1) is 13.6. The molecule has 0 unspecified atom stereocenters. The van der Waals surface area contributed by atoms with E-state index in [4.69, 9.17) is 0 Å². The van der Waals surface area contributed by atoms with Crippen LogP contribution in [-0.2, 0) is 13.1 Å². The topological polar surface area (TPSA) is 33.1 Å². The van der Waals surface area contributed by atoms with Crippen LogP contribution in [0.5, 0.6) is 0 Å². The summed E-state index contributed by atoms with van der Waals surface area (Å²) in [5.74, 6) is 0.899. The zero-order valence-corrected chi connectivity index (χ0v) is 11.7. The van der Waals surface area contributed by atoms with Gasteiger partial charge < -0.3 is 14.8 Å². The molecule has 0 spiro atoms. The van der Waals surface area contributed by atoms with Crippen LogP contribution in [0.15, 0.2) is 12.5 Å². The van der Waals surface area contributed by atoms with E-state index in [-0.39, 0.29) is 0 Å². The third-order valence-electron chi connectivity index (χ3n) is 3.97. The molecule has 18 heavy (non-hydrogen) atoms. The highest BCUT2D eigenvalue weighted by Crippen LogP contribution is 2.20. The molecular weight excluding hydrogens is 224 g/mol. The normalized spacial score (nSPS) is 18.3. The molecule has 0 amide bonds. The predicted octanol–water partition coefficient (Wildman–Crippen LogP) is 1.72. The lowest BCUT2D eigenvalue weighted by Gasteiger charge is -2.29. The monoisotopic (exact) mass is 250 g/mol. The van der Waals surface area contributed by atoms with Crippen molar-refractivity contribution >= 4 is 0 Å². The molecule has 2 heterocycles. The summed E-state index contributed by atoms with van der Waals surface area (Å²) in [6.07, 6.45) is 7.96. The fraction of sp³-hybridized carbons (Fsp3) is 0.786. The van der Waals surface area contributed by atoms with Gasteiger partial charge in [0.1, 0.15) is 0 Å². The average Bonchev–Trinajstić information content (AvgIpc) is 2.83. The highest BCUT2D eigenvalue weighted by molar-refractivity contribution is 4.97. The van der Waals surface area contributed by atoms with Gasteiger partial charge in [0.25, 0.3) is 0 Å². The summed E-state index contributed by atoms with van der Waals surface area (Å²) in [6.45, 7) is 7.73. The molecule has 4 heteroatoms. The lowest BCUT2D eigenvalue weighted by molar-refractivity contribution is 0.207. The number of imidazole rings is 1. The Balaban J connectivity index is 1.77. The number of aryl methyl sites for hydroxylation is 1. The quantitative estimate of drug-likeness (QED) is 0.834. The fourth-order valence-corrected chi connectivity index (χ4v) is 2.62. The van der Waals surface area contributed by atoms with E-state index in [1.807, 2.05) is 12.5 Å². The molecule has 2 rings (SSSR count). The molecule has 0 atom stereocenters. The van der Waals surface area contributed by atoms with Crippen molar-refractivity contribution in [2.75, 3.05) is 26.7 Å². The number of nitrogens with one attached hydrogen (secondary N) is 1. The van der Waals surface area contributed by atoms with E-state index in [2.05, 4.69) is 33.7 Å². The first-order chi connectivity index (χ1) is 8.79. The van der Waals surface area contributed by atoms with Crippen molar-refractivity contribution in [2.24, 2.45) is 5.92 Å². The average molecular weight is 250 g/mol. The van der Waals surface area contributed by atoms with Crippen molar-refractivity contribution in [3.05, 3.63) is 18.2 Å². The molecule has 1 N–H and O–H groups in total. The Kier molecular flexibility index (Phi) is 5.20. The van der Waals surface area contributed by atoms with Crippen LogP contribution in [0.4, 0.5) is 0 Å². The zero-order valence-electron chi connectivity index (χ0n) is 11.7. The smallest absolute Gasteiger partial charge is 0.0948 e. The van der Waals surface area contributed by atoms with Crippen LogP contribution >= 0.6 is 0 Å². The molecule has 1 saturated heterocycles. The number of hydrogen-bond donors (Lipinski definition) is 1. The second kappa shape index (κ2) is 6.90. The Bertz CT molecular complexity index is 339. The van der Waals surface area contributed by atoms with Gasteiger partial charge in [0.2, 0.25) is 0 Å². The summed E-state index contributed by atoms with van der Waals surface area (Å²) in [7, 11) is 2.22. The summed E-state index contributed by atoms with van der Waals surface area (Å²) in [5, 5.41) is 3.37. The van der Waals surface area contributed by atoms with Crippen molar-refractivity contribution in [3.8, 4) is 0 Å². The molecule has 102 valence electrons. The second-order valence-electron chi connectivity index (χ2n) is 5.39. The van der Waals surface area contributed by atoms with E-state index in [1.54, 1.807) is 0 Å². The lowest BCUT2D eigenvalue weighted by atomic mass is 9.94. The Hall–Kier alpha value is -0.870. The molecular formula is C14H26N4. The first-order valence-corrected chi connectivity index (χ1v) is 7.18. The fourth-order valence-electron chi connectivity index (χ4n) is 2.62. The van der Waals surface area contributed by atoms with Crippen LogP contribution < -0.4 is 5.32 Å². The van der Waals surface area contributed by atoms with Crippen LogP contribution in [0.1, 0.15) is 31.9 Å². The summed E-state index contributed by atoms with van der Waals surface area (Å²) in [5.41, 5.74) is 1.31. The molecule has 0 bridgehead atoms. The van der Waals surface area contributed by atoms with E-state index in [9.17, 15) is 0 Å². The van der Waals surface area contributed by atoms with Crippen molar-refractivity contribution in [2.45, 2.75) is 39.3 Å². The third kappa shape index (κ3) is 3.82. The van der Waals surface area contributed by atoms with Crippen LogP contribution in [0, 0.1) is 5.92 Å². The van der Waals surface area contributed by atoms with E-state index < -0.39 is 0 Å². The summed E-state index contributed by atoms with van der Waals surface area (Å²) in [6, 6.07) is 0. The zero-order chi connectivity index (χ0) is 12.8. The molecule has 0 radical (unpaired) electrons. The number of aromatic nitrogens is 2. The standard InChI is InChI=1S/C14H26N4/c1-3-15-10-14-11-16-12-18(14)9-6-13-4-7-17(2)8-5-13/h11-13,15H,3-10H2,1-2H3. The number of rotatable bonds is 6. The van der Waals surface area contributed by atoms with Gasteiger partial charge in [-0.3, -0.25) is 0 Å². The van der Waals surface area contributed by atoms with Gasteiger partial charge in [0.15, 0.2) is 0 Å². The first-order valence-electron chi connectivity index (χ1n) is 7.18. The molecule has 1 aliphatic heterocycles. The van der Waals surface area contributed by atoms with E-state index in [0.717, 1.165) is 25.6 Å². The SMILES string of the molecule is CCNCc1cncn1CCC1CCN(C)CC1. The van der Waals surface area contributed by atoms with Crippen molar-refractivity contribution in [3.63, 3.8) is 0 Å². The maximum absolute atomic E-state index is 4.27. The van der Waals surface area contributed by atoms with Gasteiger partial charge in [-0.05, 0) is 51.9 Å². The summed E-state index contributed by atoms with van der Waals surface area (Å²) >= 11 is 0. The number of likely N-dealkylation sites (tertiary alicyclic amines) is 1. The number of hydrogen-bond acceptors (Lipinski definition) is 3. The van der Waals surface area contributed by atoms with Crippen LogP contribution in [0.25, 0.3) is 0 Å². The number of nitrogens with zero attached hydrogens (tertiary/aromatic N) is 3. The Labute approximate surface area is 110 Å². The highest BCUT2D eigenvalue weighted by atomic mass is 15.1. The van der Waals surface area contributed by atoms with Crippen LogP contribution in [-0.4, -0.2) is 41.1 Å². The molecule has 1 aromatic rings. The Morgan fingerprint density at radius 2 is 2.17 bits per heavy atom. The number of piperidine rings is 1. The van der Waals surface area contributed by atoms with Gasteiger partial charge in [-0.25, -0.2) is 4.98 Å². The molecule has 1 fully saturated rings. The van der Waals surface area contributed by atoms with Crippen LogP contribution in [0.3, 0.4) is 0 Å². The van der Waals surface area contributed by atoms with Gasteiger partial charge in [0, 0.05) is 19.3 Å². The minimum absolute atomic E-state index is 0.899. The summed E-state index contributed by atoms with van der Waals surface area (Å²) in [4.78, 5) is 6.70. The summed E-state index contributed by atoms with van der Waals surface area (Å²) < 4.78 is 2.31. The van der Waals surface area contributed by atoms with Crippen molar-refractivity contribution in [1.29, 1.82) is 0 Å². The molecule has 1 aromatic heterocycles. The van der Waals surface area contributed by atoms with E-state index in [0.29, 0.717) is 0 Å². The molecule has 0 aliphatic carbocycles. The minimum atomic E-state index is 0.899. The molecule has 1 aliphatic rings. The highest BCUT2D eigenvalue weighted by Gasteiger charge is 2.16. The minimum Gasteiger partial charge on any atom is -0.333 e. The van der Waals surface area contributed by atoms with Crippen LogP contribution in [0.2, 0.25) is 0 Å². The Morgan fingerprint density at radius 3 is 2.89 bits per heavy atom. The van der Waals surface area contributed by atoms with Gasteiger partial charge in [0.05, 0.1) is 12.0 Å². The lowest BCUT2D eigenvalue weighted by Crippen LogP contribution is -2.30. The van der Waals surface area contributed by atoms with Gasteiger partial charge in [-0.15, -0.1) is 0 Å².